The van der Waals surface area contributed by atoms with Gasteiger partial charge in [-0.25, -0.2) is 0 Å². The molecule has 1 atom stereocenters. The number of piperidine rings is 1. The number of carbonyl (C=O) groups excluding carboxylic acids is 2. The average molecular weight is 346 g/mol. The van der Waals surface area contributed by atoms with E-state index >= 15 is 0 Å². The standard InChI is InChI=1S/C16H21F3N2O3/c1-3-20(10-16(17,18)19)14(22)12-5-4-8-21(9-12)15(23)13-7-6-11(2)24-13/h6-7,12H,3-5,8-10H2,1-2H3. The Kier molecular flexibility index (Phi) is 5.56. The summed E-state index contributed by atoms with van der Waals surface area (Å²) in [6.07, 6.45) is -3.37. The lowest BCUT2D eigenvalue weighted by Gasteiger charge is -2.34. The molecule has 1 saturated heterocycles. The molecule has 0 saturated carbocycles. The summed E-state index contributed by atoms with van der Waals surface area (Å²) in [5, 5.41) is 0. The Hall–Kier alpha value is -1.99. The number of carbonyl (C=O) groups is 2. The molecule has 134 valence electrons. The molecule has 1 aliphatic rings. The second kappa shape index (κ2) is 7.27. The van der Waals surface area contributed by atoms with Gasteiger partial charge in [-0.15, -0.1) is 0 Å². The maximum atomic E-state index is 12.6. The van der Waals surface area contributed by atoms with Crippen molar-refractivity contribution >= 4 is 11.8 Å². The van der Waals surface area contributed by atoms with E-state index < -0.39 is 24.5 Å². The summed E-state index contributed by atoms with van der Waals surface area (Å²) < 4.78 is 43.0. The third-order valence-corrected chi connectivity index (χ3v) is 4.07. The van der Waals surface area contributed by atoms with E-state index in [4.69, 9.17) is 4.42 Å². The van der Waals surface area contributed by atoms with Gasteiger partial charge in [0.2, 0.25) is 5.91 Å². The van der Waals surface area contributed by atoms with Crippen molar-refractivity contribution in [3.63, 3.8) is 0 Å². The number of aryl methyl sites for hydroxylation is 1. The van der Waals surface area contributed by atoms with Crippen LogP contribution in [0.5, 0.6) is 0 Å². The molecule has 0 radical (unpaired) electrons. The molecule has 2 rings (SSSR count). The zero-order valence-electron chi connectivity index (χ0n) is 13.7. The van der Waals surface area contributed by atoms with Crippen LogP contribution in [-0.4, -0.2) is 54.0 Å². The molecule has 8 heteroatoms. The van der Waals surface area contributed by atoms with Gasteiger partial charge in [0.15, 0.2) is 5.76 Å². The van der Waals surface area contributed by atoms with Crippen molar-refractivity contribution in [3.05, 3.63) is 23.7 Å². The smallest absolute Gasteiger partial charge is 0.406 e. The lowest BCUT2D eigenvalue weighted by molar-refractivity contribution is -0.164. The fraction of sp³-hybridized carbons (Fsp3) is 0.625. The quantitative estimate of drug-likeness (QED) is 0.842. The highest BCUT2D eigenvalue weighted by molar-refractivity contribution is 5.92. The van der Waals surface area contributed by atoms with E-state index in [1.165, 1.54) is 11.8 Å². The number of alkyl halides is 3. The van der Waals surface area contributed by atoms with Gasteiger partial charge in [-0.05, 0) is 38.8 Å². The van der Waals surface area contributed by atoms with Gasteiger partial charge in [-0.1, -0.05) is 0 Å². The van der Waals surface area contributed by atoms with Gasteiger partial charge in [-0.3, -0.25) is 9.59 Å². The minimum absolute atomic E-state index is 0.0137. The second-order valence-electron chi connectivity index (χ2n) is 5.97. The Morgan fingerprint density at radius 2 is 2.08 bits per heavy atom. The first kappa shape index (κ1) is 18.4. The van der Waals surface area contributed by atoms with Gasteiger partial charge in [0.25, 0.3) is 5.91 Å². The van der Waals surface area contributed by atoms with Crippen LogP contribution in [0.25, 0.3) is 0 Å². The van der Waals surface area contributed by atoms with Crippen molar-refractivity contribution in [2.24, 2.45) is 5.92 Å². The summed E-state index contributed by atoms with van der Waals surface area (Å²) in [4.78, 5) is 27.0. The minimum Gasteiger partial charge on any atom is -0.456 e. The van der Waals surface area contributed by atoms with Crippen molar-refractivity contribution in [2.45, 2.75) is 32.9 Å². The first-order valence-corrected chi connectivity index (χ1v) is 7.92. The van der Waals surface area contributed by atoms with E-state index in [0.29, 0.717) is 25.1 Å². The molecule has 0 aromatic carbocycles. The van der Waals surface area contributed by atoms with E-state index in [1.54, 1.807) is 19.1 Å². The third-order valence-electron chi connectivity index (χ3n) is 4.07. The topological polar surface area (TPSA) is 53.8 Å². The molecular formula is C16H21F3N2O3. The molecule has 0 bridgehead atoms. The first-order chi connectivity index (χ1) is 11.2. The predicted octanol–water partition coefficient (Wildman–Crippen LogP) is 2.85. The van der Waals surface area contributed by atoms with Crippen molar-refractivity contribution in [2.75, 3.05) is 26.2 Å². The number of halogens is 3. The molecule has 0 N–H and O–H groups in total. The number of amides is 2. The highest BCUT2D eigenvalue weighted by Gasteiger charge is 2.37. The Morgan fingerprint density at radius 1 is 1.38 bits per heavy atom. The van der Waals surface area contributed by atoms with Gasteiger partial charge in [0.1, 0.15) is 12.3 Å². The molecule has 24 heavy (non-hydrogen) atoms. The number of nitrogens with zero attached hydrogens (tertiary/aromatic N) is 2. The van der Waals surface area contributed by atoms with Gasteiger partial charge in [0.05, 0.1) is 5.92 Å². The molecule has 1 aromatic rings. The lowest BCUT2D eigenvalue weighted by atomic mass is 9.96. The normalized spacial score (nSPS) is 18.5. The summed E-state index contributed by atoms with van der Waals surface area (Å²) in [5.74, 6) is -0.711. The number of hydrogen-bond donors (Lipinski definition) is 0. The van der Waals surface area contributed by atoms with Crippen molar-refractivity contribution in [1.29, 1.82) is 0 Å². The van der Waals surface area contributed by atoms with E-state index in [-0.39, 0.29) is 24.8 Å². The van der Waals surface area contributed by atoms with Gasteiger partial charge in [0, 0.05) is 19.6 Å². The van der Waals surface area contributed by atoms with Crippen molar-refractivity contribution < 1.29 is 27.2 Å². The Balaban J connectivity index is 2.04. The van der Waals surface area contributed by atoms with Crippen LogP contribution in [0, 0.1) is 12.8 Å². The average Bonchev–Trinajstić information content (AvgIpc) is 2.97. The predicted molar refractivity (Wildman–Crippen MR) is 80.4 cm³/mol. The SMILES string of the molecule is CCN(CC(F)(F)F)C(=O)C1CCCN(C(=O)c2ccc(C)o2)C1. The first-order valence-electron chi connectivity index (χ1n) is 7.92. The Morgan fingerprint density at radius 3 is 2.62 bits per heavy atom. The Labute approximate surface area is 138 Å². The van der Waals surface area contributed by atoms with Crippen molar-refractivity contribution in [3.8, 4) is 0 Å². The number of furan rings is 1. The highest BCUT2D eigenvalue weighted by Crippen LogP contribution is 2.23. The number of likely N-dealkylation sites (tertiary alicyclic amines) is 1. The maximum Gasteiger partial charge on any atom is 0.406 e. The summed E-state index contributed by atoms with van der Waals surface area (Å²) in [6, 6.07) is 3.23. The number of rotatable bonds is 4. The maximum absolute atomic E-state index is 12.6. The Bertz CT molecular complexity index is 598. The summed E-state index contributed by atoms with van der Waals surface area (Å²) in [6.45, 7) is 2.54. The van der Waals surface area contributed by atoms with E-state index in [2.05, 4.69) is 0 Å². The molecule has 0 aliphatic carbocycles. The molecule has 1 aliphatic heterocycles. The molecule has 0 spiro atoms. The third kappa shape index (κ3) is 4.52. The van der Waals surface area contributed by atoms with Crippen LogP contribution in [0.1, 0.15) is 36.1 Å². The van der Waals surface area contributed by atoms with E-state index in [1.807, 2.05) is 0 Å². The highest BCUT2D eigenvalue weighted by atomic mass is 19.4. The molecule has 2 heterocycles. The van der Waals surface area contributed by atoms with E-state index in [9.17, 15) is 22.8 Å². The molecule has 1 unspecified atom stereocenters. The molecule has 1 fully saturated rings. The zero-order valence-corrected chi connectivity index (χ0v) is 13.7. The largest absolute Gasteiger partial charge is 0.456 e. The minimum atomic E-state index is -4.43. The lowest BCUT2D eigenvalue weighted by Crippen LogP contribution is -2.48. The fourth-order valence-corrected chi connectivity index (χ4v) is 2.89. The zero-order chi connectivity index (χ0) is 17.9. The molecular weight excluding hydrogens is 325 g/mol. The van der Waals surface area contributed by atoms with Crippen LogP contribution >= 0.6 is 0 Å². The fourth-order valence-electron chi connectivity index (χ4n) is 2.89. The molecule has 1 aromatic heterocycles. The summed E-state index contributed by atoms with van der Waals surface area (Å²) >= 11 is 0. The molecule has 5 nitrogen and oxygen atoms in total. The summed E-state index contributed by atoms with van der Waals surface area (Å²) in [7, 11) is 0. The van der Waals surface area contributed by atoms with Crippen LogP contribution in [0.15, 0.2) is 16.5 Å². The second-order valence-corrected chi connectivity index (χ2v) is 5.97. The van der Waals surface area contributed by atoms with Crippen molar-refractivity contribution in [1.82, 2.24) is 9.80 Å². The van der Waals surface area contributed by atoms with E-state index in [0.717, 1.165) is 4.90 Å². The van der Waals surface area contributed by atoms with Crippen LogP contribution in [-0.2, 0) is 4.79 Å². The van der Waals surface area contributed by atoms with Gasteiger partial charge < -0.3 is 14.2 Å². The summed E-state index contributed by atoms with van der Waals surface area (Å²) in [5.41, 5.74) is 0. The van der Waals surface area contributed by atoms with Gasteiger partial charge >= 0.3 is 6.18 Å². The number of hydrogen-bond acceptors (Lipinski definition) is 3. The van der Waals surface area contributed by atoms with Crippen LogP contribution < -0.4 is 0 Å². The van der Waals surface area contributed by atoms with Crippen LogP contribution in [0.3, 0.4) is 0 Å². The molecule has 2 amide bonds. The van der Waals surface area contributed by atoms with Crippen LogP contribution in [0.4, 0.5) is 13.2 Å². The van der Waals surface area contributed by atoms with Gasteiger partial charge in [-0.2, -0.15) is 13.2 Å². The van der Waals surface area contributed by atoms with Crippen LogP contribution in [0.2, 0.25) is 0 Å². The monoisotopic (exact) mass is 346 g/mol.